The van der Waals surface area contributed by atoms with Crippen LogP contribution in [0.5, 0.6) is 23.0 Å². The number of rotatable bonds is 5. The van der Waals surface area contributed by atoms with Gasteiger partial charge in [0.05, 0.1) is 14.2 Å². The van der Waals surface area contributed by atoms with Crippen LogP contribution in [0.1, 0.15) is 33.4 Å². The van der Waals surface area contributed by atoms with Gasteiger partial charge >= 0.3 is 8.24 Å². The number of methoxy groups -OCH3 is 2. The lowest BCUT2D eigenvalue weighted by Gasteiger charge is -2.16. The Morgan fingerprint density at radius 2 is 1.08 bits per heavy atom. The molecule has 1 heterocycles. The van der Waals surface area contributed by atoms with Gasteiger partial charge in [-0.25, -0.2) is 0 Å². The van der Waals surface area contributed by atoms with E-state index in [-0.39, 0.29) is 5.75 Å². The number of fused-ring (bicyclic) bond motifs is 3. The summed E-state index contributed by atoms with van der Waals surface area (Å²) in [6.45, 7) is 11.9. The molecule has 6 nitrogen and oxygen atoms in total. The maximum Gasteiger partial charge on any atom is 0.453 e. The lowest BCUT2D eigenvalue weighted by atomic mass is 9.95. The van der Waals surface area contributed by atoms with E-state index in [1.165, 1.54) is 0 Å². The molecule has 39 heavy (non-hydrogen) atoms. The molecule has 202 valence electrons. The third kappa shape index (κ3) is 4.93. The number of phenolic OH excluding ortho intramolecular Hbond substituents is 1. The number of phenols is 1. The van der Waals surface area contributed by atoms with Gasteiger partial charge in [-0.15, -0.1) is 0 Å². The molecule has 1 aromatic heterocycles. The van der Waals surface area contributed by atoms with E-state index in [1.54, 1.807) is 14.2 Å². The van der Waals surface area contributed by atoms with Gasteiger partial charge in [0.2, 0.25) is 0 Å². The van der Waals surface area contributed by atoms with Gasteiger partial charge in [0.15, 0.2) is 0 Å². The van der Waals surface area contributed by atoms with Gasteiger partial charge in [0, 0.05) is 21.9 Å². The Labute approximate surface area is 229 Å². The van der Waals surface area contributed by atoms with Crippen LogP contribution < -0.4 is 14.0 Å². The summed E-state index contributed by atoms with van der Waals surface area (Å²) < 4.78 is 30.8. The van der Waals surface area contributed by atoms with Gasteiger partial charge in [-0.05, 0) is 111 Å². The van der Waals surface area contributed by atoms with Gasteiger partial charge in [-0.3, -0.25) is 0 Å². The van der Waals surface area contributed by atoms with Crippen molar-refractivity contribution < 1.29 is 27.5 Å². The first-order chi connectivity index (χ1) is 18.6. The number of ether oxygens (including phenoxy) is 2. The van der Waals surface area contributed by atoms with Gasteiger partial charge in [-0.2, -0.15) is 0 Å². The average Bonchev–Trinajstić information content (AvgIpc) is 3.05. The first kappa shape index (κ1) is 26.6. The van der Waals surface area contributed by atoms with Crippen LogP contribution in [0.25, 0.3) is 33.1 Å². The van der Waals surface area contributed by atoms with Gasteiger partial charge in [0.25, 0.3) is 0 Å². The lowest BCUT2D eigenvalue weighted by Crippen LogP contribution is -1.93. The SMILES string of the molecule is COc1cc(C)c2op(Oc3c(C)cc(C)cc3-c3cc(C)cc(C)c3O)oc3c(C)cc(OC)cc3c2c1. The first-order valence-electron chi connectivity index (χ1n) is 12.7. The molecule has 0 spiro atoms. The Hall–Kier alpha value is -4.02. The van der Waals surface area contributed by atoms with Gasteiger partial charge in [-0.1, -0.05) is 12.1 Å². The zero-order valence-electron chi connectivity index (χ0n) is 23.6. The summed E-state index contributed by atoms with van der Waals surface area (Å²) in [6, 6.07) is 15.8. The third-order valence-electron chi connectivity index (χ3n) is 6.91. The molecule has 5 rings (SSSR count). The minimum Gasteiger partial charge on any atom is -0.507 e. The van der Waals surface area contributed by atoms with Crippen molar-refractivity contribution in [2.24, 2.45) is 0 Å². The van der Waals surface area contributed by atoms with Crippen molar-refractivity contribution in [2.75, 3.05) is 14.2 Å². The van der Waals surface area contributed by atoms with Crippen molar-refractivity contribution in [1.82, 2.24) is 0 Å². The van der Waals surface area contributed by atoms with Crippen LogP contribution in [0.3, 0.4) is 0 Å². The summed E-state index contributed by atoms with van der Waals surface area (Å²) in [5.74, 6) is 2.27. The highest BCUT2D eigenvalue weighted by atomic mass is 31.1. The standard InChI is InChI=1S/C32H33O6P/c1-17-9-19(3)29(33)25(11-17)26-12-18(2)10-20(4)30(26)36-39-37-31-21(5)13-23(34-7)15-27(31)28-16-24(35-8)14-22(6)32(28)38-39/h9-16,33H,1-8H3. The Morgan fingerprint density at radius 3 is 1.59 bits per heavy atom. The predicted molar refractivity (Wildman–Crippen MR) is 157 cm³/mol. The molecule has 0 bridgehead atoms. The summed E-state index contributed by atoms with van der Waals surface area (Å²) in [7, 11) is 1.36. The van der Waals surface area contributed by atoms with Crippen LogP contribution in [0.2, 0.25) is 0 Å². The largest absolute Gasteiger partial charge is 0.507 e. The third-order valence-corrected chi connectivity index (χ3v) is 7.90. The Balaban J connectivity index is 1.83. The minimum atomic E-state index is -1.93. The van der Waals surface area contributed by atoms with Crippen molar-refractivity contribution in [2.45, 2.75) is 41.5 Å². The first-order valence-corrected chi connectivity index (χ1v) is 13.8. The van der Waals surface area contributed by atoms with Crippen LogP contribution in [-0.4, -0.2) is 19.3 Å². The minimum absolute atomic E-state index is 0.229. The summed E-state index contributed by atoms with van der Waals surface area (Å²) in [5, 5.41) is 12.7. The second kappa shape index (κ2) is 10.3. The number of benzene rings is 4. The molecule has 0 fully saturated rings. The maximum atomic E-state index is 11.0. The number of hydrogen-bond donors (Lipinski definition) is 1. The quantitative estimate of drug-likeness (QED) is 0.238. The van der Waals surface area contributed by atoms with Crippen molar-refractivity contribution in [3.63, 3.8) is 0 Å². The maximum absolute atomic E-state index is 11.0. The molecule has 0 saturated heterocycles. The van der Waals surface area contributed by atoms with Crippen molar-refractivity contribution in [3.8, 4) is 34.1 Å². The monoisotopic (exact) mass is 544 g/mol. The van der Waals surface area contributed by atoms with Gasteiger partial charge in [0.1, 0.15) is 34.2 Å². The van der Waals surface area contributed by atoms with Crippen molar-refractivity contribution in [3.05, 3.63) is 81.9 Å². The van der Waals surface area contributed by atoms with Gasteiger partial charge < -0.3 is 27.5 Å². The number of hydrogen-bond acceptors (Lipinski definition) is 6. The van der Waals surface area contributed by atoms with Crippen molar-refractivity contribution in [1.29, 1.82) is 0 Å². The Bertz CT molecular complexity index is 1710. The zero-order chi connectivity index (χ0) is 28.0. The molecule has 0 atom stereocenters. The van der Waals surface area contributed by atoms with Crippen LogP contribution in [0, 0.1) is 41.5 Å². The average molecular weight is 545 g/mol. The van der Waals surface area contributed by atoms with E-state index in [2.05, 4.69) is 6.07 Å². The number of aromatic hydroxyl groups is 1. The molecule has 4 aromatic carbocycles. The molecule has 0 aliphatic heterocycles. The van der Waals surface area contributed by atoms with E-state index in [0.717, 1.165) is 61.2 Å². The second-order valence-electron chi connectivity index (χ2n) is 10.1. The second-order valence-corrected chi connectivity index (χ2v) is 11.1. The van der Waals surface area contributed by atoms with E-state index >= 15 is 0 Å². The fourth-order valence-electron chi connectivity index (χ4n) is 5.08. The van der Waals surface area contributed by atoms with Crippen LogP contribution in [0.15, 0.2) is 56.9 Å². The van der Waals surface area contributed by atoms with Crippen LogP contribution >= 0.6 is 8.24 Å². The normalized spacial score (nSPS) is 11.2. The van der Waals surface area contributed by atoms with E-state index < -0.39 is 8.24 Å². The number of aryl methyl sites for hydroxylation is 6. The highest BCUT2D eigenvalue weighted by Gasteiger charge is 2.20. The van der Waals surface area contributed by atoms with E-state index in [0.29, 0.717) is 22.5 Å². The molecule has 1 N–H and O–H groups in total. The zero-order valence-corrected chi connectivity index (χ0v) is 24.4. The van der Waals surface area contributed by atoms with Crippen molar-refractivity contribution >= 4 is 30.2 Å². The molecule has 0 amide bonds. The predicted octanol–water partition coefficient (Wildman–Crippen LogP) is 9.37. The topological polar surface area (TPSA) is 74.2 Å². The summed E-state index contributed by atoms with van der Waals surface area (Å²) >= 11 is 0. The highest BCUT2D eigenvalue weighted by molar-refractivity contribution is 7.32. The van der Waals surface area contributed by atoms with E-state index in [4.69, 9.17) is 22.4 Å². The summed E-state index contributed by atoms with van der Waals surface area (Å²) in [4.78, 5) is 0. The van der Waals surface area contributed by atoms with E-state index in [9.17, 15) is 5.11 Å². The molecular weight excluding hydrogens is 511 g/mol. The molecule has 5 aromatic rings. The molecule has 0 radical (unpaired) electrons. The van der Waals surface area contributed by atoms with Crippen LogP contribution in [-0.2, 0) is 0 Å². The molecule has 7 heteroatoms. The van der Waals surface area contributed by atoms with E-state index in [1.807, 2.05) is 84.0 Å². The highest BCUT2D eigenvalue weighted by Crippen LogP contribution is 2.46. The fourth-order valence-corrected chi connectivity index (χ4v) is 6.37. The Morgan fingerprint density at radius 1 is 0.590 bits per heavy atom. The Kier molecular flexibility index (Phi) is 7.00. The molecule has 0 saturated carbocycles. The lowest BCUT2D eigenvalue weighted by molar-refractivity contribution is 0.414. The smallest absolute Gasteiger partial charge is 0.453 e. The molecule has 0 unspecified atom stereocenters. The van der Waals surface area contributed by atoms with Crippen LogP contribution in [0.4, 0.5) is 0 Å². The molecule has 0 aliphatic rings. The summed E-state index contributed by atoms with van der Waals surface area (Å²) in [5.41, 5.74) is 8.44. The molecule has 0 aliphatic carbocycles. The molecular formula is C32H33O6P. The summed E-state index contributed by atoms with van der Waals surface area (Å²) in [6.07, 6.45) is 0. The fraction of sp³-hybridized carbons (Fsp3) is 0.250.